The Balaban J connectivity index is 0.000000310. The Hall–Kier alpha value is -3.32. The topological polar surface area (TPSA) is 102 Å². The smallest absolute Gasteiger partial charge is 0.221 e. The third-order valence-electron chi connectivity index (χ3n) is 5.03. The molecule has 1 aliphatic heterocycles. The highest BCUT2D eigenvalue weighted by atomic mass is 16.5. The molecule has 7 heteroatoms. The van der Waals surface area contributed by atoms with E-state index >= 15 is 0 Å². The molecule has 1 fully saturated rings. The molecule has 1 aliphatic rings. The molecule has 0 saturated carbocycles. The van der Waals surface area contributed by atoms with Gasteiger partial charge in [-0.1, -0.05) is 42.5 Å². The van der Waals surface area contributed by atoms with Crippen LogP contribution in [-0.4, -0.2) is 40.5 Å². The maximum atomic E-state index is 11.9. The number of nitrogens with two attached hydrogens (primary N) is 1. The van der Waals surface area contributed by atoms with Gasteiger partial charge in [0.25, 0.3) is 0 Å². The molecule has 0 radical (unpaired) electrons. The molecule has 0 bridgehead atoms. The molecule has 4 N–H and O–H groups in total. The minimum Gasteiger partial charge on any atom is -0.505 e. The van der Waals surface area contributed by atoms with Gasteiger partial charge in [0, 0.05) is 32.0 Å². The number of aromatic nitrogens is 2. The molecule has 3 aromatic rings. The molecular formula is C23H28N4O3. The third-order valence-corrected chi connectivity index (χ3v) is 5.03. The summed E-state index contributed by atoms with van der Waals surface area (Å²) in [5, 5.41) is 15.2. The zero-order valence-electron chi connectivity index (χ0n) is 17.1. The van der Waals surface area contributed by atoms with Crippen molar-refractivity contribution in [1.29, 1.82) is 0 Å². The summed E-state index contributed by atoms with van der Waals surface area (Å²) in [4.78, 5) is 11.9. The van der Waals surface area contributed by atoms with E-state index in [-0.39, 0.29) is 17.1 Å². The molecule has 2 aromatic carbocycles. The summed E-state index contributed by atoms with van der Waals surface area (Å²) in [5.41, 5.74) is 7.65. The van der Waals surface area contributed by atoms with Crippen molar-refractivity contribution in [3.05, 3.63) is 78.1 Å². The Bertz CT molecular complexity index is 941. The summed E-state index contributed by atoms with van der Waals surface area (Å²) in [6.07, 6.45) is 4.25. The SMILES string of the molecule is Cn1cc(O)cn1.NCCOc1cccc(C2(Cc3ccccc3)CNC(=O)C2)c1. The molecule has 0 spiro atoms. The van der Waals surface area contributed by atoms with Crippen LogP contribution in [0.5, 0.6) is 11.5 Å². The fourth-order valence-electron chi connectivity index (χ4n) is 3.62. The molecule has 1 unspecified atom stereocenters. The zero-order valence-corrected chi connectivity index (χ0v) is 17.1. The Labute approximate surface area is 176 Å². The lowest BCUT2D eigenvalue weighted by Crippen LogP contribution is -2.31. The van der Waals surface area contributed by atoms with Crippen molar-refractivity contribution in [3.8, 4) is 11.5 Å². The fourth-order valence-corrected chi connectivity index (χ4v) is 3.62. The average molecular weight is 409 g/mol. The number of nitrogens with one attached hydrogen (secondary N) is 1. The monoisotopic (exact) mass is 408 g/mol. The molecule has 1 aromatic heterocycles. The molecule has 0 aliphatic carbocycles. The molecule has 30 heavy (non-hydrogen) atoms. The highest BCUT2D eigenvalue weighted by Gasteiger charge is 2.40. The first kappa shape index (κ1) is 21.4. The standard InChI is InChI=1S/C19H22N2O2.C4H6N2O/c20-9-10-23-17-8-4-7-16(11-17)19(13-18(22)21-14-19)12-15-5-2-1-3-6-15;1-6-3-4(7)2-5-6/h1-8,11H,9-10,12-14,20H2,(H,21,22);2-3,7H,1H3. The molecule has 1 saturated heterocycles. The third kappa shape index (κ3) is 5.61. The first-order valence-electron chi connectivity index (χ1n) is 9.92. The number of carbonyl (C=O) groups excluding carboxylic acids is 1. The number of amides is 1. The molecule has 7 nitrogen and oxygen atoms in total. The van der Waals surface area contributed by atoms with Gasteiger partial charge in [-0.15, -0.1) is 0 Å². The second kappa shape index (κ2) is 9.93. The van der Waals surface area contributed by atoms with Crippen LogP contribution in [0, 0.1) is 0 Å². The summed E-state index contributed by atoms with van der Waals surface area (Å²) >= 11 is 0. The van der Waals surface area contributed by atoms with E-state index in [4.69, 9.17) is 15.6 Å². The van der Waals surface area contributed by atoms with Gasteiger partial charge in [-0.05, 0) is 29.7 Å². The number of aromatic hydroxyl groups is 1. The summed E-state index contributed by atoms with van der Waals surface area (Å²) < 4.78 is 7.18. The van der Waals surface area contributed by atoms with Crippen LogP contribution in [0.3, 0.4) is 0 Å². The molecule has 158 valence electrons. The Kier molecular flexibility index (Phi) is 7.08. The van der Waals surface area contributed by atoms with E-state index in [0.29, 0.717) is 26.1 Å². The van der Waals surface area contributed by atoms with Gasteiger partial charge in [0.05, 0.1) is 12.4 Å². The average Bonchev–Trinajstić information content (AvgIpc) is 3.32. The Morgan fingerprint density at radius 1 is 1.23 bits per heavy atom. The lowest BCUT2D eigenvalue weighted by molar-refractivity contribution is -0.119. The largest absolute Gasteiger partial charge is 0.505 e. The number of hydrogen-bond acceptors (Lipinski definition) is 5. The van der Waals surface area contributed by atoms with E-state index < -0.39 is 0 Å². The first-order valence-corrected chi connectivity index (χ1v) is 9.92. The molecule has 2 heterocycles. The van der Waals surface area contributed by atoms with Gasteiger partial charge in [-0.25, -0.2) is 0 Å². The van der Waals surface area contributed by atoms with Gasteiger partial charge in [0.15, 0.2) is 5.75 Å². The van der Waals surface area contributed by atoms with Crippen LogP contribution in [0.1, 0.15) is 17.5 Å². The van der Waals surface area contributed by atoms with Gasteiger partial charge < -0.3 is 20.9 Å². The van der Waals surface area contributed by atoms with Crippen molar-refractivity contribution in [2.75, 3.05) is 19.7 Å². The van der Waals surface area contributed by atoms with Crippen molar-refractivity contribution in [2.45, 2.75) is 18.3 Å². The van der Waals surface area contributed by atoms with Gasteiger partial charge >= 0.3 is 0 Å². The van der Waals surface area contributed by atoms with E-state index in [0.717, 1.165) is 17.7 Å². The number of rotatable bonds is 6. The van der Waals surface area contributed by atoms with Crippen LogP contribution >= 0.6 is 0 Å². The van der Waals surface area contributed by atoms with Crippen LogP contribution in [0.15, 0.2) is 67.0 Å². The molecular weight excluding hydrogens is 380 g/mol. The van der Waals surface area contributed by atoms with Crippen LogP contribution in [0.2, 0.25) is 0 Å². The van der Waals surface area contributed by atoms with Gasteiger partial charge in [0.1, 0.15) is 12.4 Å². The maximum absolute atomic E-state index is 11.9. The van der Waals surface area contributed by atoms with E-state index in [1.807, 2.05) is 36.4 Å². The normalized spacial score (nSPS) is 17.7. The summed E-state index contributed by atoms with van der Waals surface area (Å²) in [7, 11) is 1.75. The van der Waals surface area contributed by atoms with Crippen molar-refractivity contribution >= 4 is 5.91 Å². The van der Waals surface area contributed by atoms with Crippen LogP contribution in [-0.2, 0) is 23.7 Å². The lowest BCUT2D eigenvalue weighted by atomic mass is 9.75. The van der Waals surface area contributed by atoms with Gasteiger partial charge in [-0.2, -0.15) is 5.10 Å². The van der Waals surface area contributed by atoms with Gasteiger partial charge in [0.2, 0.25) is 5.91 Å². The van der Waals surface area contributed by atoms with E-state index in [2.05, 4.69) is 28.6 Å². The number of ether oxygens (including phenoxy) is 1. The second-order valence-electron chi connectivity index (χ2n) is 7.43. The van der Waals surface area contributed by atoms with Crippen molar-refractivity contribution in [3.63, 3.8) is 0 Å². The zero-order chi connectivity index (χ0) is 21.4. The van der Waals surface area contributed by atoms with Crippen molar-refractivity contribution < 1.29 is 14.6 Å². The van der Waals surface area contributed by atoms with E-state index in [1.165, 1.54) is 22.6 Å². The number of nitrogens with zero attached hydrogens (tertiary/aromatic N) is 2. The summed E-state index contributed by atoms with van der Waals surface area (Å²) in [6, 6.07) is 18.3. The second-order valence-corrected chi connectivity index (χ2v) is 7.43. The van der Waals surface area contributed by atoms with E-state index in [9.17, 15) is 4.79 Å². The fraction of sp³-hybridized carbons (Fsp3) is 0.304. The van der Waals surface area contributed by atoms with Crippen molar-refractivity contribution in [2.24, 2.45) is 12.8 Å². The van der Waals surface area contributed by atoms with Crippen LogP contribution in [0.4, 0.5) is 0 Å². The highest BCUT2D eigenvalue weighted by Crippen LogP contribution is 2.36. The molecule has 1 amide bonds. The number of hydrogen-bond donors (Lipinski definition) is 3. The maximum Gasteiger partial charge on any atom is 0.221 e. The number of carbonyl (C=O) groups is 1. The Morgan fingerprint density at radius 2 is 2.03 bits per heavy atom. The lowest BCUT2D eigenvalue weighted by Gasteiger charge is -2.28. The van der Waals surface area contributed by atoms with Crippen LogP contribution in [0.25, 0.3) is 0 Å². The predicted molar refractivity (Wildman–Crippen MR) is 115 cm³/mol. The minimum absolute atomic E-state index is 0.106. The summed E-state index contributed by atoms with van der Waals surface area (Å²) in [6.45, 7) is 1.63. The van der Waals surface area contributed by atoms with Crippen molar-refractivity contribution in [1.82, 2.24) is 15.1 Å². The predicted octanol–water partition coefficient (Wildman–Crippen LogP) is 2.15. The number of benzene rings is 2. The van der Waals surface area contributed by atoms with Gasteiger partial charge in [-0.3, -0.25) is 9.48 Å². The summed E-state index contributed by atoms with van der Waals surface area (Å²) in [5.74, 6) is 1.12. The highest BCUT2D eigenvalue weighted by molar-refractivity contribution is 5.81. The molecule has 4 rings (SSSR count). The minimum atomic E-state index is -0.222. The molecule has 1 atom stereocenters. The first-order chi connectivity index (χ1) is 14.5. The quantitative estimate of drug-likeness (QED) is 0.580. The van der Waals surface area contributed by atoms with E-state index in [1.54, 1.807) is 7.05 Å². The van der Waals surface area contributed by atoms with Crippen LogP contribution < -0.4 is 15.8 Å². The Morgan fingerprint density at radius 3 is 2.60 bits per heavy atom. The number of aryl methyl sites for hydroxylation is 1.